The second kappa shape index (κ2) is 14.3. The van der Waals surface area contributed by atoms with Gasteiger partial charge in [-0.3, -0.25) is 20.2 Å². The summed E-state index contributed by atoms with van der Waals surface area (Å²) in [6.07, 6.45) is -0.285. The van der Waals surface area contributed by atoms with Crippen LogP contribution in [0.25, 0.3) is 0 Å². The lowest BCUT2D eigenvalue weighted by molar-refractivity contribution is -0.385. The zero-order valence-electron chi connectivity index (χ0n) is 22.3. The first-order valence-electron chi connectivity index (χ1n) is 11.8. The minimum atomic E-state index is -0.702. The molecule has 1 N–H and O–H groups in total. The number of nitro benzene ring substituents is 2. The highest BCUT2D eigenvalue weighted by Gasteiger charge is 2.26. The van der Waals surface area contributed by atoms with Gasteiger partial charge in [0.05, 0.1) is 16.0 Å². The summed E-state index contributed by atoms with van der Waals surface area (Å²) in [6.45, 7) is 4.75. The maximum atomic E-state index is 11.2. The van der Waals surface area contributed by atoms with Crippen LogP contribution in [-0.4, -0.2) is 62.6 Å². The van der Waals surface area contributed by atoms with Crippen LogP contribution >= 0.6 is 11.6 Å². The van der Waals surface area contributed by atoms with Gasteiger partial charge in [-0.25, -0.2) is 0 Å². The van der Waals surface area contributed by atoms with Crippen molar-refractivity contribution >= 4 is 28.7 Å². The van der Waals surface area contributed by atoms with E-state index < -0.39 is 22.4 Å². The first-order chi connectivity index (χ1) is 18.0. The third-order valence-corrected chi connectivity index (χ3v) is 6.55. The molecular weight excluding hydrogens is 522 g/mol. The number of halogens is 1. The quantitative estimate of drug-likeness (QED) is 0.254. The molecule has 0 aliphatic carbocycles. The average molecular weight is 556 g/mol. The molecule has 0 atom stereocenters. The Bertz CT molecular complexity index is 1120. The summed E-state index contributed by atoms with van der Waals surface area (Å²) in [7, 11) is 5.89. The van der Waals surface area contributed by atoms with Crippen molar-refractivity contribution in [2.75, 3.05) is 46.4 Å². The van der Waals surface area contributed by atoms with E-state index in [0.29, 0.717) is 53.2 Å². The molecule has 2 aromatic carbocycles. The molecule has 0 aromatic heterocycles. The van der Waals surface area contributed by atoms with Crippen LogP contribution in [0.2, 0.25) is 5.02 Å². The molecule has 2 aromatic rings. The first-order valence-corrected chi connectivity index (χ1v) is 12.1. The van der Waals surface area contributed by atoms with Crippen LogP contribution < -0.4 is 4.90 Å². The van der Waals surface area contributed by atoms with Gasteiger partial charge >= 0.3 is 0 Å². The van der Waals surface area contributed by atoms with Crippen LogP contribution in [0, 0.1) is 34.1 Å². The number of anilines is 1. The molecule has 1 aliphatic heterocycles. The molecule has 3 rings (SSSR count). The summed E-state index contributed by atoms with van der Waals surface area (Å²) >= 11 is 5.98. The van der Waals surface area contributed by atoms with E-state index in [1.165, 1.54) is 46.6 Å². The molecule has 0 radical (unpaired) electrons. The lowest BCUT2D eigenvalue weighted by Gasteiger charge is -2.34. The zero-order valence-corrected chi connectivity index (χ0v) is 23.1. The van der Waals surface area contributed by atoms with E-state index in [2.05, 4.69) is 4.90 Å². The van der Waals surface area contributed by atoms with Crippen molar-refractivity contribution in [1.29, 1.82) is 0 Å². The topological polar surface area (TPSA) is 147 Å². The second-order valence-electron chi connectivity index (χ2n) is 8.70. The Balaban J connectivity index is 0.000000281. The SMILES string of the molecule is COC(OC)c1cc([N+](=O)[O-])c(C)cc1Cl.COC(OC)c1cc([N+](=O)[O-])c(C)cc1N1CCC(O)CC1. The minimum absolute atomic E-state index is 0.00139. The Labute approximate surface area is 226 Å². The fourth-order valence-corrected chi connectivity index (χ4v) is 4.53. The molecule has 13 heteroatoms. The van der Waals surface area contributed by atoms with Crippen LogP contribution in [0.4, 0.5) is 17.1 Å². The number of piperidine rings is 1. The van der Waals surface area contributed by atoms with Crippen molar-refractivity contribution in [3.63, 3.8) is 0 Å². The summed E-state index contributed by atoms with van der Waals surface area (Å²) in [5.74, 6) is 0. The molecule has 38 heavy (non-hydrogen) atoms. The Morgan fingerprint density at radius 3 is 1.71 bits per heavy atom. The maximum absolute atomic E-state index is 11.2. The van der Waals surface area contributed by atoms with E-state index in [1.807, 2.05) is 0 Å². The third kappa shape index (κ3) is 7.59. The summed E-state index contributed by atoms with van der Waals surface area (Å²) in [4.78, 5) is 23.2. The van der Waals surface area contributed by atoms with Crippen molar-refractivity contribution in [2.45, 2.75) is 45.4 Å². The number of aliphatic hydroxyl groups is 1. The van der Waals surface area contributed by atoms with Gasteiger partial charge in [0.1, 0.15) is 0 Å². The van der Waals surface area contributed by atoms with Crippen molar-refractivity contribution in [3.8, 4) is 0 Å². The number of nitrogens with zero attached hydrogens (tertiary/aromatic N) is 3. The molecule has 1 fully saturated rings. The summed E-state index contributed by atoms with van der Waals surface area (Å²) in [5, 5.41) is 32.0. The number of aliphatic hydroxyl groups excluding tert-OH is 1. The maximum Gasteiger partial charge on any atom is 0.272 e. The molecule has 1 heterocycles. The number of hydrogen-bond acceptors (Lipinski definition) is 10. The van der Waals surface area contributed by atoms with Gasteiger partial charge in [0.25, 0.3) is 11.4 Å². The molecular formula is C25H34ClN3O9. The van der Waals surface area contributed by atoms with Gasteiger partial charge < -0.3 is 29.0 Å². The first kappa shape index (κ1) is 31.3. The Hall–Kier alpha value is -2.87. The highest BCUT2D eigenvalue weighted by molar-refractivity contribution is 6.31. The highest BCUT2D eigenvalue weighted by atomic mass is 35.5. The predicted molar refractivity (Wildman–Crippen MR) is 142 cm³/mol. The third-order valence-electron chi connectivity index (χ3n) is 6.22. The Morgan fingerprint density at radius 2 is 1.26 bits per heavy atom. The zero-order chi connectivity index (χ0) is 28.6. The average Bonchev–Trinajstić information content (AvgIpc) is 2.87. The van der Waals surface area contributed by atoms with Gasteiger partial charge in [-0.15, -0.1) is 0 Å². The summed E-state index contributed by atoms with van der Waals surface area (Å²) in [6, 6.07) is 6.22. The van der Waals surface area contributed by atoms with Crippen LogP contribution in [0.1, 0.15) is 47.7 Å². The fourth-order valence-electron chi connectivity index (χ4n) is 4.22. The normalized spacial score (nSPS) is 14.0. The van der Waals surface area contributed by atoms with E-state index in [1.54, 1.807) is 19.9 Å². The van der Waals surface area contributed by atoms with Gasteiger partial charge in [-0.2, -0.15) is 0 Å². The van der Waals surface area contributed by atoms with Gasteiger partial charge in [0.2, 0.25) is 0 Å². The molecule has 210 valence electrons. The molecule has 1 saturated heterocycles. The largest absolute Gasteiger partial charge is 0.393 e. The Morgan fingerprint density at radius 1 is 0.842 bits per heavy atom. The van der Waals surface area contributed by atoms with E-state index in [-0.39, 0.29) is 17.5 Å². The number of rotatable bonds is 9. The van der Waals surface area contributed by atoms with E-state index in [0.717, 1.165) is 5.69 Å². The number of ether oxygens (including phenoxy) is 4. The van der Waals surface area contributed by atoms with Crippen molar-refractivity contribution in [2.24, 2.45) is 0 Å². The summed E-state index contributed by atoms with van der Waals surface area (Å²) in [5.41, 5.74) is 3.10. The van der Waals surface area contributed by atoms with E-state index >= 15 is 0 Å². The van der Waals surface area contributed by atoms with Gasteiger partial charge in [-0.05, 0) is 38.8 Å². The molecule has 0 saturated carbocycles. The van der Waals surface area contributed by atoms with Gasteiger partial charge in [0, 0.05) is 86.6 Å². The van der Waals surface area contributed by atoms with Crippen LogP contribution in [0.15, 0.2) is 24.3 Å². The molecule has 12 nitrogen and oxygen atoms in total. The molecule has 0 spiro atoms. The minimum Gasteiger partial charge on any atom is -0.393 e. The number of nitro groups is 2. The lowest BCUT2D eigenvalue weighted by atomic mass is 10.0. The van der Waals surface area contributed by atoms with Crippen molar-refractivity contribution in [3.05, 3.63) is 71.8 Å². The summed E-state index contributed by atoms with van der Waals surface area (Å²) < 4.78 is 20.6. The smallest absolute Gasteiger partial charge is 0.272 e. The standard InChI is InChI=1S/C15H22N2O5.C10H12ClNO4/c1-10-8-14(16-6-4-11(18)5-7-16)12(15(21-2)22-3)9-13(10)17(19)20;1-6-4-8(11)7(10(15-2)16-3)5-9(6)12(13)14/h8-9,11,15,18H,4-7H2,1-3H3;4-5,10H,1-3H3. The van der Waals surface area contributed by atoms with Crippen LogP contribution in [-0.2, 0) is 18.9 Å². The van der Waals surface area contributed by atoms with E-state index in [4.69, 9.17) is 30.5 Å². The van der Waals surface area contributed by atoms with Crippen molar-refractivity contribution in [1.82, 2.24) is 0 Å². The lowest BCUT2D eigenvalue weighted by Crippen LogP contribution is -2.36. The van der Waals surface area contributed by atoms with Crippen LogP contribution in [0.5, 0.6) is 0 Å². The second-order valence-corrected chi connectivity index (χ2v) is 9.10. The molecule has 1 aliphatic rings. The number of hydrogen-bond donors (Lipinski definition) is 1. The number of aryl methyl sites for hydroxylation is 2. The number of benzene rings is 2. The predicted octanol–water partition coefficient (Wildman–Crippen LogP) is 5.00. The van der Waals surface area contributed by atoms with Crippen molar-refractivity contribution < 1.29 is 33.9 Å². The highest BCUT2D eigenvalue weighted by Crippen LogP contribution is 2.36. The Kier molecular flexibility index (Phi) is 11.8. The molecule has 0 amide bonds. The number of methoxy groups -OCH3 is 4. The van der Waals surface area contributed by atoms with Crippen LogP contribution in [0.3, 0.4) is 0 Å². The fraction of sp³-hybridized carbons (Fsp3) is 0.520. The van der Waals surface area contributed by atoms with Gasteiger partial charge in [0.15, 0.2) is 12.6 Å². The monoisotopic (exact) mass is 555 g/mol. The molecule has 0 unspecified atom stereocenters. The molecule has 0 bridgehead atoms. The van der Waals surface area contributed by atoms with Gasteiger partial charge in [-0.1, -0.05) is 11.6 Å². The van der Waals surface area contributed by atoms with E-state index in [9.17, 15) is 25.3 Å².